The molecule has 6 atom stereocenters. The minimum atomic E-state index is -1.06. The van der Waals surface area contributed by atoms with Crippen LogP contribution in [0.1, 0.15) is 33.1 Å². The van der Waals surface area contributed by atoms with E-state index in [1.165, 1.54) is 4.90 Å². The second kappa shape index (κ2) is 9.09. The first kappa shape index (κ1) is 22.6. The third kappa shape index (κ3) is 4.22. The van der Waals surface area contributed by atoms with Crippen molar-refractivity contribution in [1.29, 1.82) is 0 Å². The maximum absolute atomic E-state index is 12.5. The molecule has 0 aromatic heterocycles. The number of oxime groups is 1. The number of nitrogens with one attached hydrogen (secondary N) is 1. The number of carbonyl (C=O) groups excluding carboxylic acids is 1. The Labute approximate surface area is 186 Å². The number of aliphatic hydroxyl groups excluding tert-OH is 1. The maximum atomic E-state index is 12.5. The SMILES string of the molecule is CON=C1CCN(CC2C[C@H](SC3=C(C(=O)O)N4C(=O)C([C@@H](C)O)C4[C@H]3C)CN2)CC1. The molecular weight excluding hydrogens is 420 g/mol. The van der Waals surface area contributed by atoms with Crippen LogP contribution in [0.4, 0.5) is 0 Å². The molecule has 4 heterocycles. The lowest BCUT2D eigenvalue weighted by Crippen LogP contribution is -2.63. The van der Waals surface area contributed by atoms with E-state index in [4.69, 9.17) is 4.84 Å². The number of carbonyl (C=O) groups is 2. The van der Waals surface area contributed by atoms with Gasteiger partial charge in [-0.15, -0.1) is 11.8 Å². The fourth-order valence-electron chi connectivity index (χ4n) is 5.40. The molecule has 3 fully saturated rings. The van der Waals surface area contributed by atoms with Gasteiger partial charge in [-0.1, -0.05) is 12.1 Å². The lowest BCUT2D eigenvalue weighted by atomic mass is 9.79. The van der Waals surface area contributed by atoms with Gasteiger partial charge in [-0.25, -0.2) is 4.79 Å². The average molecular weight is 453 g/mol. The van der Waals surface area contributed by atoms with Crippen molar-refractivity contribution >= 4 is 29.4 Å². The van der Waals surface area contributed by atoms with Gasteiger partial charge in [0.2, 0.25) is 5.91 Å². The van der Waals surface area contributed by atoms with Crippen molar-refractivity contribution in [1.82, 2.24) is 15.1 Å². The van der Waals surface area contributed by atoms with E-state index in [0.717, 1.165) is 56.1 Å². The number of aliphatic hydroxyl groups is 1. The van der Waals surface area contributed by atoms with E-state index in [1.807, 2.05) is 6.92 Å². The fourth-order valence-corrected chi connectivity index (χ4v) is 6.91. The number of carboxylic acids is 1. The summed E-state index contributed by atoms with van der Waals surface area (Å²) in [7, 11) is 1.58. The number of thioether (sulfide) groups is 1. The summed E-state index contributed by atoms with van der Waals surface area (Å²) in [6.07, 6.45) is 2.05. The average Bonchev–Trinajstić information content (AvgIpc) is 3.25. The number of nitrogens with zero attached hydrogens (tertiary/aromatic N) is 3. The molecule has 172 valence electrons. The minimum Gasteiger partial charge on any atom is -0.477 e. The van der Waals surface area contributed by atoms with Crippen LogP contribution in [0.25, 0.3) is 0 Å². The van der Waals surface area contributed by atoms with E-state index in [1.54, 1.807) is 25.8 Å². The standard InChI is InChI=1S/C21H32N4O5S/c1-11-17-16(12(2)26)20(27)25(17)18(21(28)29)19(11)31-15-8-14(22-9-15)10-24-6-4-13(5-7-24)23-30-3/h11-12,14-17,22,26H,4-10H2,1-3H3,(H,28,29)/t11-,12-,14?,15+,16?,17?/m1/s1. The van der Waals surface area contributed by atoms with Gasteiger partial charge in [0, 0.05) is 61.1 Å². The number of hydrogen-bond donors (Lipinski definition) is 3. The quantitative estimate of drug-likeness (QED) is 0.382. The topological polar surface area (TPSA) is 115 Å². The van der Waals surface area contributed by atoms with Gasteiger partial charge in [0.1, 0.15) is 12.8 Å². The summed E-state index contributed by atoms with van der Waals surface area (Å²) in [5.41, 5.74) is 1.23. The van der Waals surface area contributed by atoms with Gasteiger partial charge in [-0.3, -0.25) is 4.79 Å². The minimum absolute atomic E-state index is 0.0759. The van der Waals surface area contributed by atoms with Gasteiger partial charge in [-0.2, -0.15) is 0 Å². The smallest absolute Gasteiger partial charge is 0.353 e. The summed E-state index contributed by atoms with van der Waals surface area (Å²) in [6.45, 7) is 7.32. The van der Waals surface area contributed by atoms with Gasteiger partial charge in [-0.05, 0) is 13.3 Å². The Kier molecular flexibility index (Phi) is 6.62. The van der Waals surface area contributed by atoms with E-state index in [-0.39, 0.29) is 28.8 Å². The predicted molar refractivity (Wildman–Crippen MR) is 118 cm³/mol. The predicted octanol–water partition coefficient (Wildman–Crippen LogP) is 0.702. The second-order valence-corrected chi connectivity index (χ2v) is 10.3. The maximum Gasteiger partial charge on any atom is 0.353 e. The highest BCUT2D eigenvalue weighted by Crippen LogP contribution is 2.51. The number of piperidine rings is 1. The molecule has 0 aromatic rings. The van der Waals surface area contributed by atoms with Gasteiger partial charge < -0.3 is 30.2 Å². The van der Waals surface area contributed by atoms with Crippen LogP contribution < -0.4 is 5.32 Å². The molecule has 0 bridgehead atoms. The summed E-state index contributed by atoms with van der Waals surface area (Å²) in [6, 6.07) is 0.121. The Morgan fingerprint density at radius 1 is 1.39 bits per heavy atom. The van der Waals surface area contributed by atoms with Crippen LogP contribution in [-0.4, -0.2) is 94.3 Å². The van der Waals surface area contributed by atoms with Crippen molar-refractivity contribution in [3.05, 3.63) is 10.6 Å². The number of aliphatic carboxylic acids is 1. The highest BCUT2D eigenvalue weighted by Gasteiger charge is 2.60. The van der Waals surface area contributed by atoms with Gasteiger partial charge in [0.25, 0.3) is 0 Å². The van der Waals surface area contributed by atoms with Crippen molar-refractivity contribution in [3.63, 3.8) is 0 Å². The first-order valence-electron chi connectivity index (χ1n) is 11.0. The van der Waals surface area contributed by atoms with Crippen LogP contribution in [0.15, 0.2) is 15.8 Å². The van der Waals surface area contributed by atoms with E-state index < -0.39 is 18.0 Å². The summed E-state index contributed by atoms with van der Waals surface area (Å²) in [5, 5.41) is 27.7. The lowest BCUT2D eigenvalue weighted by Gasteiger charge is -2.46. The van der Waals surface area contributed by atoms with E-state index in [0.29, 0.717) is 6.04 Å². The highest BCUT2D eigenvalue weighted by molar-refractivity contribution is 8.03. The molecule has 9 nitrogen and oxygen atoms in total. The molecule has 0 aromatic carbocycles. The third-order valence-corrected chi connectivity index (χ3v) is 8.43. The van der Waals surface area contributed by atoms with Crippen LogP contribution in [0.3, 0.4) is 0 Å². The molecule has 0 radical (unpaired) electrons. The molecule has 0 aliphatic carbocycles. The molecule has 3 unspecified atom stereocenters. The number of carboxylic acid groups (broad SMARTS) is 1. The molecule has 4 aliphatic rings. The first-order valence-corrected chi connectivity index (χ1v) is 11.9. The Morgan fingerprint density at radius 3 is 2.71 bits per heavy atom. The second-order valence-electron chi connectivity index (χ2n) is 8.99. The van der Waals surface area contributed by atoms with E-state index in [2.05, 4.69) is 15.4 Å². The summed E-state index contributed by atoms with van der Waals surface area (Å²) < 4.78 is 0. The molecule has 3 N–H and O–H groups in total. The Morgan fingerprint density at radius 2 is 2.10 bits per heavy atom. The number of β-lactam (4-membered cyclic amide) rings is 1. The largest absolute Gasteiger partial charge is 0.477 e. The molecular formula is C21H32N4O5S. The van der Waals surface area contributed by atoms with Crippen molar-refractivity contribution < 1.29 is 24.6 Å². The molecule has 1 amide bonds. The monoisotopic (exact) mass is 452 g/mol. The zero-order valence-electron chi connectivity index (χ0n) is 18.3. The summed E-state index contributed by atoms with van der Waals surface area (Å²) >= 11 is 1.60. The van der Waals surface area contributed by atoms with Crippen molar-refractivity contribution in [3.8, 4) is 0 Å². The van der Waals surface area contributed by atoms with E-state index >= 15 is 0 Å². The number of amides is 1. The van der Waals surface area contributed by atoms with E-state index in [9.17, 15) is 19.8 Å². The van der Waals surface area contributed by atoms with Crippen molar-refractivity contribution in [2.75, 3.05) is 33.3 Å². The number of fused-ring (bicyclic) bond motifs is 1. The molecule has 31 heavy (non-hydrogen) atoms. The number of hydrogen-bond acceptors (Lipinski definition) is 8. The molecule has 0 saturated carbocycles. The molecule has 0 spiro atoms. The van der Waals surface area contributed by atoms with Crippen LogP contribution in [0, 0.1) is 11.8 Å². The van der Waals surface area contributed by atoms with Crippen molar-refractivity contribution in [2.45, 2.75) is 56.5 Å². The molecule has 10 heteroatoms. The lowest BCUT2D eigenvalue weighted by molar-refractivity contribution is -0.163. The van der Waals surface area contributed by atoms with Crippen LogP contribution in [-0.2, 0) is 14.4 Å². The Hall–Kier alpha value is -1.62. The zero-order chi connectivity index (χ0) is 22.3. The number of likely N-dealkylation sites (tertiary alicyclic amines) is 1. The Bertz CT molecular complexity index is 791. The molecule has 4 rings (SSSR count). The van der Waals surface area contributed by atoms with Gasteiger partial charge >= 0.3 is 5.97 Å². The van der Waals surface area contributed by atoms with Crippen LogP contribution in [0.5, 0.6) is 0 Å². The molecule has 4 aliphatic heterocycles. The van der Waals surface area contributed by atoms with Crippen molar-refractivity contribution in [2.24, 2.45) is 17.0 Å². The first-order chi connectivity index (χ1) is 14.8. The Balaban J connectivity index is 1.36. The molecule has 3 saturated heterocycles. The normalized spacial score (nSPS) is 34.6. The van der Waals surface area contributed by atoms with Gasteiger partial charge in [0.05, 0.1) is 23.8 Å². The zero-order valence-corrected chi connectivity index (χ0v) is 19.1. The van der Waals surface area contributed by atoms with Gasteiger partial charge in [0.15, 0.2) is 0 Å². The highest BCUT2D eigenvalue weighted by atomic mass is 32.2. The summed E-state index contributed by atoms with van der Waals surface area (Å²) in [4.78, 5) is 34.0. The third-order valence-electron chi connectivity index (χ3n) is 6.92. The summed E-state index contributed by atoms with van der Waals surface area (Å²) in [5.74, 6) is -1.92. The van der Waals surface area contributed by atoms with Crippen LogP contribution in [0.2, 0.25) is 0 Å². The van der Waals surface area contributed by atoms with Crippen LogP contribution >= 0.6 is 11.8 Å². The number of rotatable bonds is 7. The fraction of sp³-hybridized carbons (Fsp3) is 0.762.